The van der Waals surface area contributed by atoms with Crippen LogP contribution in [-0.2, 0) is 6.42 Å². The molecule has 4 heteroatoms. The Morgan fingerprint density at radius 2 is 1.76 bits per heavy atom. The van der Waals surface area contributed by atoms with Crippen molar-refractivity contribution in [1.29, 1.82) is 0 Å². The molecule has 0 saturated heterocycles. The summed E-state index contributed by atoms with van der Waals surface area (Å²) in [4.78, 5) is 0. The molecule has 0 aliphatic rings. The van der Waals surface area contributed by atoms with Gasteiger partial charge in [0.15, 0.2) is 0 Å². The van der Waals surface area contributed by atoms with Gasteiger partial charge in [-0.15, -0.1) is 0 Å². The fraction of sp³-hybridized carbons (Fsp3) is 0.647. The molecule has 0 aliphatic heterocycles. The van der Waals surface area contributed by atoms with Crippen LogP contribution in [0.4, 0.5) is 0 Å². The highest BCUT2D eigenvalue weighted by molar-refractivity contribution is 6.33. The Balaban J connectivity index is 2.37. The second-order valence-corrected chi connectivity index (χ2v) is 5.93. The van der Waals surface area contributed by atoms with Gasteiger partial charge >= 0.3 is 0 Å². The van der Waals surface area contributed by atoms with Crippen molar-refractivity contribution in [1.82, 2.24) is 5.32 Å². The highest BCUT2D eigenvalue weighted by Gasteiger charge is 2.12. The van der Waals surface area contributed by atoms with E-state index in [9.17, 15) is 0 Å². The number of benzene rings is 1. The summed E-state index contributed by atoms with van der Waals surface area (Å²) in [6.07, 6.45) is 5.86. The van der Waals surface area contributed by atoms with Crippen LogP contribution in [0.3, 0.4) is 0 Å². The molecule has 1 N–H and O–H groups in total. The van der Waals surface area contributed by atoms with Crippen LogP contribution < -0.4 is 14.8 Å². The zero-order chi connectivity index (χ0) is 15.7. The van der Waals surface area contributed by atoms with E-state index in [0.717, 1.165) is 30.7 Å². The van der Waals surface area contributed by atoms with Crippen LogP contribution in [0.25, 0.3) is 0 Å². The maximum atomic E-state index is 6.27. The van der Waals surface area contributed by atoms with E-state index in [0.29, 0.717) is 16.8 Å². The van der Waals surface area contributed by atoms with Crippen LogP contribution in [0.5, 0.6) is 11.5 Å². The normalized spacial score (nSPS) is 11.0. The molecule has 0 heterocycles. The monoisotopic (exact) mass is 313 g/mol. The topological polar surface area (TPSA) is 30.5 Å². The standard InChI is InChI=1S/C17H28ClNO2/c1-13(2)19-12-8-6-5-7-9-14-10-11-15(20-3)16(18)17(14)21-4/h10-11,13,19H,5-9,12H2,1-4H3. The van der Waals surface area contributed by atoms with Crippen molar-refractivity contribution in [2.24, 2.45) is 0 Å². The number of halogens is 1. The van der Waals surface area contributed by atoms with Gasteiger partial charge in [-0.25, -0.2) is 0 Å². The molecule has 3 nitrogen and oxygen atoms in total. The summed E-state index contributed by atoms with van der Waals surface area (Å²) in [7, 11) is 3.27. The molecule has 0 aromatic heterocycles. The average molecular weight is 314 g/mol. The number of hydrogen-bond donors (Lipinski definition) is 1. The van der Waals surface area contributed by atoms with E-state index in [4.69, 9.17) is 21.1 Å². The van der Waals surface area contributed by atoms with Crippen molar-refractivity contribution in [2.75, 3.05) is 20.8 Å². The lowest BCUT2D eigenvalue weighted by Gasteiger charge is -2.13. The molecule has 0 unspecified atom stereocenters. The van der Waals surface area contributed by atoms with Crippen molar-refractivity contribution in [3.8, 4) is 11.5 Å². The van der Waals surface area contributed by atoms with Gasteiger partial charge in [0.25, 0.3) is 0 Å². The maximum Gasteiger partial charge on any atom is 0.144 e. The number of methoxy groups -OCH3 is 2. The molecule has 21 heavy (non-hydrogen) atoms. The summed E-state index contributed by atoms with van der Waals surface area (Å²) in [6.45, 7) is 5.47. The smallest absolute Gasteiger partial charge is 0.144 e. The van der Waals surface area contributed by atoms with Crippen molar-refractivity contribution in [2.45, 2.75) is 52.0 Å². The van der Waals surface area contributed by atoms with Gasteiger partial charge in [-0.1, -0.05) is 44.4 Å². The van der Waals surface area contributed by atoms with Crippen molar-refractivity contribution in [3.63, 3.8) is 0 Å². The second kappa shape index (κ2) is 9.91. The molecule has 1 rings (SSSR count). The molecular weight excluding hydrogens is 286 g/mol. The van der Waals surface area contributed by atoms with Crippen LogP contribution >= 0.6 is 11.6 Å². The maximum absolute atomic E-state index is 6.27. The Kier molecular flexibility index (Phi) is 8.55. The summed E-state index contributed by atoms with van der Waals surface area (Å²) < 4.78 is 10.6. The highest BCUT2D eigenvalue weighted by atomic mass is 35.5. The molecule has 120 valence electrons. The minimum Gasteiger partial charge on any atom is -0.495 e. The summed E-state index contributed by atoms with van der Waals surface area (Å²) in [5.74, 6) is 1.41. The number of rotatable bonds is 10. The average Bonchev–Trinajstić information content (AvgIpc) is 2.46. The summed E-state index contributed by atoms with van der Waals surface area (Å²) in [5, 5.41) is 4.01. The van der Waals surface area contributed by atoms with Gasteiger partial charge in [0, 0.05) is 6.04 Å². The third kappa shape index (κ3) is 6.15. The first-order valence-corrected chi connectivity index (χ1v) is 8.10. The van der Waals surface area contributed by atoms with Crippen molar-refractivity contribution >= 4 is 11.6 Å². The van der Waals surface area contributed by atoms with Gasteiger partial charge in [0.1, 0.15) is 16.5 Å². The lowest BCUT2D eigenvalue weighted by Crippen LogP contribution is -2.23. The molecule has 0 amide bonds. The largest absolute Gasteiger partial charge is 0.495 e. The molecule has 0 atom stereocenters. The fourth-order valence-electron chi connectivity index (χ4n) is 2.34. The van der Waals surface area contributed by atoms with E-state index in [1.165, 1.54) is 19.3 Å². The van der Waals surface area contributed by atoms with E-state index >= 15 is 0 Å². The SMILES string of the molecule is COc1ccc(CCCCCCNC(C)C)c(OC)c1Cl. The zero-order valence-electron chi connectivity index (χ0n) is 13.7. The van der Waals surface area contributed by atoms with Gasteiger partial charge in [-0.2, -0.15) is 0 Å². The first-order valence-electron chi connectivity index (χ1n) is 7.72. The van der Waals surface area contributed by atoms with Crippen LogP contribution in [0, 0.1) is 0 Å². The van der Waals surface area contributed by atoms with E-state index in [1.54, 1.807) is 14.2 Å². The number of ether oxygens (including phenoxy) is 2. The van der Waals surface area contributed by atoms with Crippen LogP contribution in [0.15, 0.2) is 12.1 Å². The second-order valence-electron chi connectivity index (χ2n) is 5.55. The molecule has 1 aromatic rings. The molecule has 0 spiro atoms. The van der Waals surface area contributed by atoms with Crippen LogP contribution in [0.2, 0.25) is 5.02 Å². The molecule has 0 bridgehead atoms. The predicted octanol–water partition coefficient (Wildman–Crippen LogP) is 4.46. The summed E-state index contributed by atoms with van der Waals surface area (Å²) in [5.41, 5.74) is 1.16. The Morgan fingerprint density at radius 1 is 1.05 bits per heavy atom. The first kappa shape index (κ1) is 18.1. The Bertz CT molecular complexity index is 421. The lowest BCUT2D eigenvalue weighted by molar-refractivity contribution is 0.391. The fourth-order valence-corrected chi connectivity index (χ4v) is 2.68. The van der Waals surface area contributed by atoms with E-state index < -0.39 is 0 Å². The number of hydrogen-bond acceptors (Lipinski definition) is 3. The van der Waals surface area contributed by atoms with E-state index in [2.05, 4.69) is 19.2 Å². The Labute approximate surface area is 134 Å². The molecule has 0 aliphatic carbocycles. The van der Waals surface area contributed by atoms with Crippen LogP contribution in [-0.4, -0.2) is 26.8 Å². The van der Waals surface area contributed by atoms with Crippen LogP contribution in [0.1, 0.15) is 45.1 Å². The third-order valence-electron chi connectivity index (χ3n) is 3.49. The van der Waals surface area contributed by atoms with Gasteiger partial charge in [-0.3, -0.25) is 0 Å². The molecule has 1 aromatic carbocycles. The first-order chi connectivity index (χ1) is 10.1. The summed E-state index contributed by atoms with van der Waals surface area (Å²) >= 11 is 6.27. The van der Waals surface area contributed by atoms with E-state index in [1.807, 2.05) is 12.1 Å². The van der Waals surface area contributed by atoms with Gasteiger partial charge in [0.05, 0.1) is 14.2 Å². The third-order valence-corrected chi connectivity index (χ3v) is 3.85. The minimum absolute atomic E-state index is 0.568. The quantitative estimate of drug-likeness (QED) is 0.647. The minimum atomic E-state index is 0.568. The number of aryl methyl sites for hydroxylation is 1. The Hall–Kier alpha value is -0.930. The molecule has 0 fully saturated rings. The molecular formula is C17H28ClNO2. The number of unbranched alkanes of at least 4 members (excludes halogenated alkanes) is 3. The predicted molar refractivity (Wildman–Crippen MR) is 89.9 cm³/mol. The van der Waals surface area contributed by atoms with Gasteiger partial charge in [-0.05, 0) is 37.4 Å². The highest BCUT2D eigenvalue weighted by Crippen LogP contribution is 2.37. The van der Waals surface area contributed by atoms with Crippen molar-refractivity contribution in [3.05, 3.63) is 22.7 Å². The molecule has 0 radical (unpaired) electrons. The van der Waals surface area contributed by atoms with Crippen molar-refractivity contribution < 1.29 is 9.47 Å². The van der Waals surface area contributed by atoms with Gasteiger partial charge < -0.3 is 14.8 Å². The zero-order valence-corrected chi connectivity index (χ0v) is 14.4. The summed E-state index contributed by atoms with van der Waals surface area (Å²) in [6, 6.07) is 4.53. The Morgan fingerprint density at radius 3 is 2.38 bits per heavy atom. The lowest BCUT2D eigenvalue weighted by atomic mass is 10.0. The molecule has 0 saturated carbocycles. The van der Waals surface area contributed by atoms with Gasteiger partial charge in [0.2, 0.25) is 0 Å². The van der Waals surface area contributed by atoms with E-state index in [-0.39, 0.29) is 0 Å². The number of nitrogens with one attached hydrogen (secondary N) is 1.